The van der Waals surface area contributed by atoms with Crippen molar-refractivity contribution in [3.05, 3.63) is 65.7 Å². The number of nitrogens with one attached hydrogen (secondary N) is 5. The number of unbranched alkanes of at least 4 members (excludes halogenated alkanes) is 8. The van der Waals surface area contributed by atoms with E-state index < -0.39 is 0 Å². The number of hydrogen-bond donors (Lipinski definition) is 6. The smallest absolute Gasteiger partial charge is 0.251 e. The SMILES string of the molecule is CCCCNc1nc(NCCCCCCCCNC(=O)c2ccccc2)nc(Nc2ccc(C(=O)NCCOCCCCCN)cc2)n1. The van der Waals surface area contributed by atoms with Gasteiger partial charge < -0.3 is 37.1 Å². The van der Waals surface area contributed by atoms with Crippen molar-refractivity contribution in [3.63, 3.8) is 0 Å². The molecule has 0 saturated carbocycles. The Balaban J connectivity index is 1.37. The van der Waals surface area contributed by atoms with E-state index in [1.165, 1.54) is 0 Å². The molecule has 0 radical (unpaired) electrons. The molecule has 1 heterocycles. The topological polar surface area (TPSA) is 168 Å². The molecule has 3 aromatic rings. The van der Waals surface area contributed by atoms with Gasteiger partial charge in [0.25, 0.3) is 11.8 Å². The lowest BCUT2D eigenvalue weighted by Crippen LogP contribution is -2.27. The first-order valence-electron chi connectivity index (χ1n) is 17.6. The van der Waals surface area contributed by atoms with Gasteiger partial charge in [-0.3, -0.25) is 9.59 Å². The van der Waals surface area contributed by atoms with E-state index >= 15 is 0 Å². The molecular formula is C36H55N9O3. The quantitative estimate of drug-likeness (QED) is 0.0571. The summed E-state index contributed by atoms with van der Waals surface area (Å²) in [5, 5.41) is 15.8. The zero-order valence-corrected chi connectivity index (χ0v) is 28.6. The Labute approximate surface area is 285 Å². The van der Waals surface area contributed by atoms with Gasteiger partial charge in [-0.05, 0) is 81.5 Å². The van der Waals surface area contributed by atoms with E-state index in [1.807, 2.05) is 42.5 Å². The van der Waals surface area contributed by atoms with Crippen molar-refractivity contribution < 1.29 is 14.3 Å². The number of benzene rings is 2. The van der Waals surface area contributed by atoms with Gasteiger partial charge in [0.1, 0.15) is 0 Å². The minimum Gasteiger partial charge on any atom is -0.380 e. The van der Waals surface area contributed by atoms with Crippen LogP contribution in [-0.4, -0.2) is 72.7 Å². The van der Waals surface area contributed by atoms with Gasteiger partial charge in [0.2, 0.25) is 17.8 Å². The number of rotatable bonds is 26. The number of carbonyl (C=O) groups excluding carboxylic acids is 2. The van der Waals surface area contributed by atoms with Gasteiger partial charge in [0.15, 0.2) is 0 Å². The van der Waals surface area contributed by atoms with Crippen molar-refractivity contribution in [2.24, 2.45) is 5.73 Å². The fourth-order valence-electron chi connectivity index (χ4n) is 4.82. The summed E-state index contributed by atoms with van der Waals surface area (Å²) in [6.45, 7) is 6.71. The van der Waals surface area contributed by atoms with Crippen LogP contribution in [0.5, 0.6) is 0 Å². The number of hydrogen-bond acceptors (Lipinski definition) is 10. The lowest BCUT2D eigenvalue weighted by atomic mass is 10.1. The van der Waals surface area contributed by atoms with Gasteiger partial charge in [-0.1, -0.05) is 57.2 Å². The van der Waals surface area contributed by atoms with Crippen molar-refractivity contribution in [1.82, 2.24) is 25.6 Å². The van der Waals surface area contributed by atoms with E-state index in [1.54, 1.807) is 12.1 Å². The number of nitrogens with two attached hydrogens (primary N) is 1. The minimum atomic E-state index is -0.144. The molecule has 0 aliphatic heterocycles. The molecule has 0 unspecified atom stereocenters. The summed E-state index contributed by atoms with van der Waals surface area (Å²) in [6, 6.07) is 16.5. The third-order valence-electron chi connectivity index (χ3n) is 7.59. The van der Waals surface area contributed by atoms with Crippen LogP contribution in [0.4, 0.5) is 23.5 Å². The zero-order chi connectivity index (χ0) is 34.1. The van der Waals surface area contributed by atoms with Crippen molar-refractivity contribution in [2.45, 2.75) is 77.6 Å². The summed E-state index contributed by atoms with van der Waals surface area (Å²) in [4.78, 5) is 38.3. The van der Waals surface area contributed by atoms with E-state index in [-0.39, 0.29) is 11.8 Å². The molecule has 7 N–H and O–H groups in total. The maximum Gasteiger partial charge on any atom is 0.251 e. The van der Waals surface area contributed by atoms with Crippen LogP contribution in [0.3, 0.4) is 0 Å². The Morgan fingerprint density at radius 3 is 1.83 bits per heavy atom. The summed E-state index contributed by atoms with van der Waals surface area (Å²) >= 11 is 0. The van der Waals surface area contributed by atoms with Crippen LogP contribution in [0.15, 0.2) is 54.6 Å². The Bertz CT molecular complexity index is 1310. The fraction of sp³-hybridized carbons (Fsp3) is 0.528. The number of aromatic nitrogens is 3. The van der Waals surface area contributed by atoms with Gasteiger partial charge in [-0.25, -0.2) is 0 Å². The highest BCUT2D eigenvalue weighted by atomic mass is 16.5. The molecule has 0 bridgehead atoms. The van der Waals surface area contributed by atoms with E-state index in [0.29, 0.717) is 61.8 Å². The zero-order valence-electron chi connectivity index (χ0n) is 28.6. The first-order valence-corrected chi connectivity index (χ1v) is 17.6. The molecule has 0 saturated heterocycles. The number of ether oxygens (including phenoxy) is 1. The lowest BCUT2D eigenvalue weighted by molar-refractivity contribution is 0.0911. The molecule has 0 spiro atoms. The standard InChI is InChI=1S/C36H55N9O3/c1-2-3-23-40-34-43-35(41-25-14-7-5-4-6-13-24-38-32(46)29-16-10-8-11-17-29)45-36(44-34)42-31-20-18-30(19-21-31)33(47)39-26-28-48-27-15-9-12-22-37/h8,10-11,16-21H,2-7,9,12-15,22-28,37H2,1H3,(H,38,46)(H,39,47)(H3,40,41,42,43,44,45). The van der Waals surface area contributed by atoms with Crippen LogP contribution in [-0.2, 0) is 4.74 Å². The molecule has 12 nitrogen and oxygen atoms in total. The molecule has 0 fully saturated rings. The van der Waals surface area contributed by atoms with Gasteiger partial charge in [0.05, 0.1) is 6.61 Å². The highest BCUT2D eigenvalue weighted by Crippen LogP contribution is 2.17. The highest BCUT2D eigenvalue weighted by molar-refractivity contribution is 5.94. The molecule has 12 heteroatoms. The summed E-state index contributed by atoms with van der Waals surface area (Å²) in [7, 11) is 0. The van der Waals surface area contributed by atoms with Crippen molar-refractivity contribution in [3.8, 4) is 0 Å². The summed E-state index contributed by atoms with van der Waals surface area (Å²) in [6.07, 6.45) is 11.6. The fourth-order valence-corrected chi connectivity index (χ4v) is 4.82. The molecule has 3 rings (SSSR count). The maximum absolute atomic E-state index is 12.5. The Kier molecular flexibility index (Phi) is 19.0. The molecule has 0 aliphatic rings. The first kappa shape index (κ1) is 38.2. The van der Waals surface area contributed by atoms with Crippen molar-refractivity contribution >= 4 is 35.3 Å². The molecule has 1 aromatic heterocycles. The van der Waals surface area contributed by atoms with Crippen molar-refractivity contribution in [2.75, 3.05) is 61.9 Å². The third-order valence-corrected chi connectivity index (χ3v) is 7.59. The largest absolute Gasteiger partial charge is 0.380 e. The number of carbonyl (C=O) groups is 2. The van der Waals surface area contributed by atoms with Crippen LogP contribution >= 0.6 is 0 Å². The average Bonchev–Trinajstić information content (AvgIpc) is 3.11. The van der Waals surface area contributed by atoms with Crippen LogP contribution < -0.4 is 32.3 Å². The predicted molar refractivity (Wildman–Crippen MR) is 194 cm³/mol. The van der Waals surface area contributed by atoms with Crippen LogP contribution in [0.1, 0.15) is 98.3 Å². The second-order valence-electron chi connectivity index (χ2n) is 11.7. The number of anilines is 4. The highest BCUT2D eigenvalue weighted by Gasteiger charge is 2.09. The molecule has 48 heavy (non-hydrogen) atoms. The predicted octanol–water partition coefficient (Wildman–Crippen LogP) is 5.89. The minimum absolute atomic E-state index is 0.0116. The van der Waals surface area contributed by atoms with Crippen LogP contribution in [0.25, 0.3) is 0 Å². The van der Waals surface area contributed by atoms with Gasteiger partial charge >= 0.3 is 0 Å². The van der Waals surface area contributed by atoms with Crippen LogP contribution in [0.2, 0.25) is 0 Å². The Morgan fingerprint density at radius 2 is 1.17 bits per heavy atom. The van der Waals surface area contributed by atoms with E-state index in [4.69, 9.17) is 10.5 Å². The van der Waals surface area contributed by atoms with Gasteiger partial charge in [-0.15, -0.1) is 0 Å². The van der Waals surface area contributed by atoms with E-state index in [2.05, 4.69) is 48.5 Å². The Hall–Kier alpha value is -4.29. The molecular weight excluding hydrogens is 606 g/mol. The second kappa shape index (κ2) is 23.9. The van der Waals surface area contributed by atoms with E-state index in [9.17, 15) is 9.59 Å². The maximum atomic E-state index is 12.5. The molecule has 0 aliphatic carbocycles. The van der Waals surface area contributed by atoms with Crippen molar-refractivity contribution in [1.29, 1.82) is 0 Å². The Morgan fingerprint density at radius 1 is 0.604 bits per heavy atom. The normalized spacial score (nSPS) is 10.8. The van der Waals surface area contributed by atoms with E-state index in [0.717, 1.165) is 89.4 Å². The van der Waals surface area contributed by atoms with Gasteiger partial charge in [-0.2, -0.15) is 15.0 Å². The number of nitrogens with zero attached hydrogens (tertiary/aromatic N) is 3. The lowest BCUT2D eigenvalue weighted by Gasteiger charge is -2.12. The summed E-state index contributed by atoms with van der Waals surface area (Å²) in [5.41, 5.74) is 7.54. The summed E-state index contributed by atoms with van der Waals surface area (Å²) < 4.78 is 5.57. The number of amides is 2. The van der Waals surface area contributed by atoms with Crippen LogP contribution in [0, 0.1) is 0 Å². The third kappa shape index (κ3) is 16.0. The monoisotopic (exact) mass is 661 g/mol. The second-order valence-corrected chi connectivity index (χ2v) is 11.7. The first-order chi connectivity index (χ1) is 23.6. The van der Waals surface area contributed by atoms with Gasteiger partial charge in [0, 0.05) is 49.6 Å². The molecule has 0 atom stereocenters. The molecule has 262 valence electrons. The summed E-state index contributed by atoms with van der Waals surface area (Å²) in [5.74, 6) is 1.29. The molecule has 2 aromatic carbocycles. The average molecular weight is 662 g/mol. The molecule has 2 amide bonds.